The van der Waals surface area contributed by atoms with Gasteiger partial charge in [0.2, 0.25) is 0 Å². The number of carbonyl (C=O) groups excluding carboxylic acids is 1. The van der Waals surface area contributed by atoms with Gasteiger partial charge in [0.15, 0.2) is 0 Å². The van der Waals surface area contributed by atoms with Crippen LogP contribution in [0.25, 0.3) is 6.08 Å². The number of carbonyl (C=O) groups is 1. The second-order valence-corrected chi connectivity index (χ2v) is 5.77. The van der Waals surface area contributed by atoms with Crippen molar-refractivity contribution in [1.29, 1.82) is 0 Å². The Kier molecular flexibility index (Phi) is 4.01. The Labute approximate surface area is 138 Å². The Hall–Kier alpha value is -2.10. The highest BCUT2D eigenvalue weighted by Crippen LogP contribution is 2.26. The van der Waals surface area contributed by atoms with E-state index in [2.05, 4.69) is 5.10 Å². The number of hydrazone groups is 1. The fourth-order valence-electron chi connectivity index (χ4n) is 2.25. The van der Waals surface area contributed by atoms with Crippen LogP contribution in [0.1, 0.15) is 12.5 Å². The molecule has 0 radical (unpaired) electrons. The van der Waals surface area contributed by atoms with Gasteiger partial charge in [0.1, 0.15) is 0 Å². The van der Waals surface area contributed by atoms with Crippen molar-refractivity contribution in [3.05, 3.63) is 69.7 Å². The minimum atomic E-state index is -0.167. The summed E-state index contributed by atoms with van der Waals surface area (Å²) >= 11 is 12.0. The van der Waals surface area contributed by atoms with Crippen molar-refractivity contribution >= 4 is 46.6 Å². The molecule has 1 aliphatic rings. The van der Waals surface area contributed by atoms with Crippen molar-refractivity contribution in [2.24, 2.45) is 5.10 Å². The zero-order chi connectivity index (χ0) is 15.7. The average molecular weight is 331 g/mol. The molecule has 0 aliphatic carbocycles. The van der Waals surface area contributed by atoms with Crippen LogP contribution in [0.15, 0.2) is 59.2 Å². The SMILES string of the molecule is CC1=NN(c2ccccc2)C(=O)/C1=C/c1cc(Cl)cc(Cl)c1. The predicted octanol–water partition coefficient (Wildman–Crippen LogP) is 4.80. The second-order valence-electron chi connectivity index (χ2n) is 4.90. The molecule has 110 valence electrons. The first kappa shape index (κ1) is 14.8. The monoisotopic (exact) mass is 330 g/mol. The van der Waals surface area contributed by atoms with Crippen molar-refractivity contribution < 1.29 is 4.79 Å². The fourth-order valence-corrected chi connectivity index (χ4v) is 2.80. The van der Waals surface area contributed by atoms with Gasteiger partial charge in [-0.2, -0.15) is 10.1 Å². The van der Waals surface area contributed by atoms with Crippen LogP contribution in [-0.2, 0) is 4.79 Å². The maximum Gasteiger partial charge on any atom is 0.280 e. The topological polar surface area (TPSA) is 32.7 Å². The number of amides is 1. The van der Waals surface area contributed by atoms with Crippen molar-refractivity contribution in [2.75, 3.05) is 5.01 Å². The molecule has 2 aromatic carbocycles. The van der Waals surface area contributed by atoms with E-state index in [1.807, 2.05) is 30.3 Å². The van der Waals surface area contributed by atoms with E-state index < -0.39 is 0 Å². The third-order valence-corrected chi connectivity index (χ3v) is 3.70. The average Bonchev–Trinajstić information content (AvgIpc) is 2.75. The van der Waals surface area contributed by atoms with Gasteiger partial charge < -0.3 is 0 Å². The molecule has 0 unspecified atom stereocenters. The Morgan fingerprint density at radius 3 is 2.32 bits per heavy atom. The second kappa shape index (κ2) is 5.95. The number of benzene rings is 2. The third kappa shape index (κ3) is 2.91. The van der Waals surface area contributed by atoms with Crippen LogP contribution in [0, 0.1) is 0 Å². The summed E-state index contributed by atoms with van der Waals surface area (Å²) in [5, 5.41) is 6.78. The molecule has 0 spiro atoms. The molecule has 0 N–H and O–H groups in total. The zero-order valence-electron chi connectivity index (χ0n) is 11.8. The molecule has 0 saturated heterocycles. The van der Waals surface area contributed by atoms with Gasteiger partial charge in [-0.3, -0.25) is 4.79 Å². The van der Waals surface area contributed by atoms with Gasteiger partial charge >= 0.3 is 0 Å². The van der Waals surface area contributed by atoms with E-state index in [4.69, 9.17) is 23.2 Å². The van der Waals surface area contributed by atoms with Crippen LogP contribution in [0.5, 0.6) is 0 Å². The summed E-state index contributed by atoms with van der Waals surface area (Å²) in [6.45, 7) is 1.80. The molecule has 3 nitrogen and oxygen atoms in total. The summed E-state index contributed by atoms with van der Waals surface area (Å²) < 4.78 is 0. The molecule has 1 amide bonds. The number of hydrogen-bond acceptors (Lipinski definition) is 2. The highest BCUT2D eigenvalue weighted by atomic mass is 35.5. The molecule has 22 heavy (non-hydrogen) atoms. The van der Waals surface area contributed by atoms with Gasteiger partial charge in [0.05, 0.1) is 17.0 Å². The molecule has 0 fully saturated rings. The van der Waals surface area contributed by atoms with Crippen LogP contribution in [0.3, 0.4) is 0 Å². The summed E-state index contributed by atoms with van der Waals surface area (Å²) in [5.41, 5.74) is 2.69. The van der Waals surface area contributed by atoms with Crippen LogP contribution in [-0.4, -0.2) is 11.6 Å². The van der Waals surface area contributed by atoms with Crippen LogP contribution >= 0.6 is 23.2 Å². The Morgan fingerprint density at radius 1 is 1.05 bits per heavy atom. The number of hydrogen-bond donors (Lipinski definition) is 0. The van der Waals surface area contributed by atoms with Gasteiger partial charge in [0, 0.05) is 10.0 Å². The number of rotatable bonds is 2. The highest BCUT2D eigenvalue weighted by Gasteiger charge is 2.28. The van der Waals surface area contributed by atoms with Crippen molar-refractivity contribution in [2.45, 2.75) is 6.92 Å². The van der Waals surface area contributed by atoms with Gasteiger partial charge in [0.25, 0.3) is 5.91 Å². The summed E-state index contributed by atoms with van der Waals surface area (Å²) in [4.78, 5) is 12.6. The Bertz CT molecular complexity index is 777. The summed E-state index contributed by atoms with van der Waals surface area (Å²) in [6.07, 6.45) is 1.75. The minimum Gasteiger partial charge on any atom is -0.267 e. The van der Waals surface area contributed by atoms with Crippen molar-refractivity contribution in [3.8, 4) is 0 Å². The molecule has 1 aliphatic heterocycles. The molecule has 2 aromatic rings. The Balaban J connectivity index is 1.98. The van der Waals surface area contributed by atoms with Crippen molar-refractivity contribution in [1.82, 2.24) is 0 Å². The maximum absolute atomic E-state index is 12.6. The smallest absolute Gasteiger partial charge is 0.267 e. The number of para-hydroxylation sites is 1. The molecule has 1 heterocycles. The van der Waals surface area contributed by atoms with Gasteiger partial charge in [-0.25, -0.2) is 0 Å². The lowest BCUT2D eigenvalue weighted by molar-refractivity contribution is -0.114. The van der Waals surface area contributed by atoms with Gasteiger partial charge in [-0.1, -0.05) is 41.4 Å². The lowest BCUT2D eigenvalue weighted by Crippen LogP contribution is -2.21. The molecule has 3 rings (SSSR count). The highest BCUT2D eigenvalue weighted by molar-refractivity contribution is 6.35. The maximum atomic E-state index is 12.6. The van der Waals surface area contributed by atoms with Crippen molar-refractivity contribution in [3.63, 3.8) is 0 Å². The third-order valence-electron chi connectivity index (χ3n) is 3.26. The lowest BCUT2D eigenvalue weighted by atomic mass is 10.1. The molecular weight excluding hydrogens is 319 g/mol. The minimum absolute atomic E-state index is 0.167. The van der Waals surface area contributed by atoms with E-state index in [0.29, 0.717) is 21.3 Å². The summed E-state index contributed by atoms with van der Waals surface area (Å²) in [7, 11) is 0. The summed E-state index contributed by atoms with van der Waals surface area (Å²) in [6, 6.07) is 14.5. The molecule has 0 atom stereocenters. The molecular formula is C17H12Cl2N2O. The molecule has 5 heteroatoms. The van der Waals surface area contributed by atoms with E-state index in [0.717, 1.165) is 11.3 Å². The van der Waals surface area contributed by atoms with Crippen LogP contribution in [0.4, 0.5) is 5.69 Å². The largest absolute Gasteiger partial charge is 0.280 e. The number of nitrogens with zero attached hydrogens (tertiary/aromatic N) is 2. The first-order valence-corrected chi connectivity index (χ1v) is 7.43. The van der Waals surface area contributed by atoms with E-state index in [1.54, 1.807) is 31.2 Å². The quantitative estimate of drug-likeness (QED) is 0.728. The first-order valence-electron chi connectivity index (χ1n) is 6.67. The fraction of sp³-hybridized carbons (Fsp3) is 0.0588. The Morgan fingerprint density at radius 2 is 1.68 bits per heavy atom. The van der Waals surface area contributed by atoms with E-state index in [-0.39, 0.29) is 5.91 Å². The number of halogens is 2. The normalized spacial score (nSPS) is 16.3. The molecule has 0 aromatic heterocycles. The molecule has 0 saturated carbocycles. The standard InChI is InChI=1S/C17H12Cl2N2O/c1-11-16(9-12-7-13(18)10-14(19)8-12)17(22)21(20-11)15-5-3-2-4-6-15/h2-10H,1H3/b16-9+. The lowest BCUT2D eigenvalue weighted by Gasteiger charge is -2.11. The number of anilines is 1. The summed E-state index contributed by atoms with van der Waals surface area (Å²) in [5.74, 6) is -0.167. The van der Waals surface area contributed by atoms with Crippen LogP contribution in [0.2, 0.25) is 10.0 Å². The predicted molar refractivity (Wildman–Crippen MR) is 91.5 cm³/mol. The zero-order valence-corrected chi connectivity index (χ0v) is 13.3. The van der Waals surface area contributed by atoms with E-state index in [1.165, 1.54) is 5.01 Å². The first-order chi connectivity index (χ1) is 10.5. The van der Waals surface area contributed by atoms with Crippen LogP contribution < -0.4 is 5.01 Å². The van der Waals surface area contributed by atoms with Gasteiger partial charge in [-0.05, 0) is 48.9 Å². The molecule has 0 bridgehead atoms. The van der Waals surface area contributed by atoms with E-state index in [9.17, 15) is 4.79 Å². The van der Waals surface area contributed by atoms with Gasteiger partial charge in [-0.15, -0.1) is 0 Å². The van der Waals surface area contributed by atoms with E-state index >= 15 is 0 Å².